The van der Waals surface area contributed by atoms with E-state index in [4.69, 9.17) is 4.42 Å². The van der Waals surface area contributed by atoms with Crippen molar-refractivity contribution in [3.05, 3.63) is 22.0 Å². The quantitative estimate of drug-likeness (QED) is 0.804. The predicted molar refractivity (Wildman–Crippen MR) is 80.9 cm³/mol. The Morgan fingerprint density at radius 3 is 2.30 bits per heavy atom. The van der Waals surface area contributed by atoms with Crippen LogP contribution in [0.2, 0.25) is 0 Å². The van der Waals surface area contributed by atoms with Gasteiger partial charge in [-0.25, -0.2) is 4.79 Å². The molecule has 0 radical (unpaired) electrons. The fraction of sp³-hybridized carbons (Fsp3) is 0.812. The summed E-state index contributed by atoms with van der Waals surface area (Å²) in [7, 11) is 0. The van der Waals surface area contributed by atoms with E-state index in [2.05, 4.69) is 32.6 Å². The fourth-order valence-corrected chi connectivity index (χ4v) is 3.09. The first-order valence-electron chi connectivity index (χ1n) is 7.91. The van der Waals surface area contributed by atoms with E-state index in [1.807, 2.05) is 4.57 Å². The van der Waals surface area contributed by atoms with Crippen molar-refractivity contribution >= 4 is 0 Å². The lowest BCUT2D eigenvalue weighted by atomic mass is 10.0. The van der Waals surface area contributed by atoms with Crippen LogP contribution in [0.5, 0.6) is 0 Å². The van der Waals surface area contributed by atoms with Crippen LogP contribution in [0.25, 0.3) is 0 Å². The van der Waals surface area contributed by atoms with Gasteiger partial charge in [0.1, 0.15) is 5.76 Å². The molecule has 0 saturated carbocycles. The molecule has 0 amide bonds. The molecular weight excluding hydrogens is 252 g/mol. The molecule has 4 heteroatoms. The Hall–Kier alpha value is -1.03. The molecule has 4 nitrogen and oxygen atoms in total. The first-order chi connectivity index (χ1) is 9.47. The molecule has 0 aromatic carbocycles. The molecule has 1 heterocycles. The molecule has 1 aromatic heterocycles. The minimum absolute atomic E-state index is 0.172. The molecule has 20 heavy (non-hydrogen) atoms. The van der Waals surface area contributed by atoms with Gasteiger partial charge in [0.2, 0.25) is 0 Å². The zero-order valence-electron chi connectivity index (χ0n) is 13.3. The second kappa shape index (κ2) is 6.61. The number of fused-ring (bicyclic) bond motifs is 1. The predicted octanol–water partition coefficient (Wildman–Crippen LogP) is 2.89. The molecule has 0 atom stereocenters. The fourth-order valence-electron chi connectivity index (χ4n) is 3.09. The molecule has 0 unspecified atom stereocenters. The highest BCUT2D eigenvalue weighted by Crippen LogP contribution is 2.20. The van der Waals surface area contributed by atoms with Gasteiger partial charge in [-0.3, -0.25) is 9.47 Å². The van der Waals surface area contributed by atoms with Crippen molar-refractivity contribution in [1.29, 1.82) is 0 Å². The summed E-state index contributed by atoms with van der Waals surface area (Å²) in [4.78, 5) is 14.5. The largest absolute Gasteiger partial charge is 0.420 e. The first-order valence-corrected chi connectivity index (χ1v) is 7.91. The second-order valence-corrected chi connectivity index (χ2v) is 6.84. The molecule has 0 N–H and O–H groups in total. The second-order valence-electron chi connectivity index (χ2n) is 6.84. The van der Waals surface area contributed by atoms with Crippen molar-refractivity contribution < 1.29 is 4.42 Å². The SMILES string of the molecule is CC(C)CN(CC(C)C)Cn1c2c(oc1=O)CCCC2. The Balaban J connectivity index is 2.17. The number of rotatable bonds is 6. The van der Waals surface area contributed by atoms with Gasteiger partial charge in [-0.1, -0.05) is 27.7 Å². The maximum Gasteiger partial charge on any atom is 0.420 e. The van der Waals surface area contributed by atoms with Crippen molar-refractivity contribution in [2.45, 2.75) is 60.0 Å². The Kier molecular flexibility index (Phi) is 5.08. The van der Waals surface area contributed by atoms with E-state index in [1.54, 1.807) is 0 Å². The topological polar surface area (TPSA) is 38.4 Å². The minimum atomic E-state index is -0.172. The number of aryl methyl sites for hydroxylation is 1. The lowest BCUT2D eigenvalue weighted by Gasteiger charge is -2.26. The van der Waals surface area contributed by atoms with E-state index >= 15 is 0 Å². The molecule has 0 bridgehead atoms. The zero-order chi connectivity index (χ0) is 14.7. The Labute approximate surface area is 121 Å². The van der Waals surface area contributed by atoms with Crippen LogP contribution < -0.4 is 5.76 Å². The smallest absolute Gasteiger partial charge is 0.413 e. The third-order valence-electron chi connectivity index (χ3n) is 3.73. The summed E-state index contributed by atoms with van der Waals surface area (Å²) in [5.74, 6) is 1.96. The molecule has 2 rings (SSSR count). The summed E-state index contributed by atoms with van der Waals surface area (Å²) in [6.07, 6.45) is 4.21. The summed E-state index contributed by atoms with van der Waals surface area (Å²) < 4.78 is 7.29. The lowest BCUT2D eigenvalue weighted by Crippen LogP contribution is -2.36. The van der Waals surface area contributed by atoms with E-state index in [-0.39, 0.29) is 5.76 Å². The van der Waals surface area contributed by atoms with Crippen molar-refractivity contribution in [2.75, 3.05) is 13.1 Å². The molecule has 114 valence electrons. The third kappa shape index (κ3) is 3.75. The third-order valence-corrected chi connectivity index (χ3v) is 3.73. The molecular formula is C16H28N2O2. The molecule has 0 aliphatic heterocycles. The maximum absolute atomic E-state index is 12.1. The Morgan fingerprint density at radius 1 is 1.10 bits per heavy atom. The summed E-state index contributed by atoms with van der Waals surface area (Å²) in [5.41, 5.74) is 1.14. The van der Waals surface area contributed by atoms with Crippen LogP contribution in [-0.4, -0.2) is 22.6 Å². The summed E-state index contributed by atoms with van der Waals surface area (Å²) in [5, 5.41) is 0. The van der Waals surface area contributed by atoms with Gasteiger partial charge in [0.25, 0.3) is 0 Å². The molecule has 0 fully saturated rings. The highest BCUT2D eigenvalue weighted by molar-refractivity contribution is 5.12. The summed E-state index contributed by atoms with van der Waals surface area (Å²) in [6.45, 7) is 11.6. The van der Waals surface area contributed by atoms with Gasteiger partial charge < -0.3 is 4.42 Å². The van der Waals surface area contributed by atoms with Gasteiger partial charge in [0.05, 0.1) is 12.4 Å². The Bertz CT molecular complexity index is 475. The van der Waals surface area contributed by atoms with E-state index < -0.39 is 0 Å². The summed E-state index contributed by atoms with van der Waals surface area (Å²) >= 11 is 0. The minimum Gasteiger partial charge on any atom is -0.413 e. The normalized spacial score (nSPS) is 15.3. The van der Waals surface area contributed by atoms with E-state index in [0.29, 0.717) is 18.5 Å². The average molecular weight is 280 g/mol. The van der Waals surface area contributed by atoms with Crippen LogP contribution in [0.1, 0.15) is 52.0 Å². The van der Waals surface area contributed by atoms with E-state index in [1.165, 1.54) is 6.42 Å². The van der Waals surface area contributed by atoms with Crippen LogP contribution in [-0.2, 0) is 19.5 Å². The van der Waals surface area contributed by atoms with Crippen LogP contribution >= 0.6 is 0 Å². The van der Waals surface area contributed by atoms with Crippen molar-refractivity contribution in [3.63, 3.8) is 0 Å². The van der Waals surface area contributed by atoms with Gasteiger partial charge in [-0.05, 0) is 31.1 Å². The number of hydrogen-bond acceptors (Lipinski definition) is 3. The molecule has 1 aliphatic carbocycles. The lowest BCUT2D eigenvalue weighted by molar-refractivity contribution is 0.167. The van der Waals surface area contributed by atoms with Gasteiger partial charge in [-0.15, -0.1) is 0 Å². The highest BCUT2D eigenvalue weighted by Gasteiger charge is 2.21. The van der Waals surface area contributed by atoms with Gasteiger partial charge in [0, 0.05) is 19.5 Å². The van der Waals surface area contributed by atoms with Gasteiger partial charge in [-0.2, -0.15) is 0 Å². The summed E-state index contributed by atoms with van der Waals surface area (Å²) in [6, 6.07) is 0. The van der Waals surface area contributed by atoms with Crippen LogP contribution in [0.15, 0.2) is 9.21 Å². The van der Waals surface area contributed by atoms with E-state index in [9.17, 15) is 4.79 Å². The van der Waals surface area contributed by atoms with Crippen LogP contribution in [0.3, 0.4) is 0 Å². The van der Waals surface area contributed by atoms with Crippen molar-refractivity contribution in [2.24, 2.45) is 11.8 Å². The molecule has 1 aliphatic rings. The molecule has 0 saturated heterocycles. The number of hydrogen-bond donors (Lipinski definition) is 0. The van der Waals surface area contributed by atoms with Crippen molar-refractivity contribution in [3.8, 4) is 0 Å². The van der Waals surface area contributed by atoms with Gasteiger partial charge in [0.15, 0.2) is 0 Å². The number of nitrogens with zero attached hydrogens (tertiary/aromatic N) is 2. The number of aromatic nitrogens is 1. The zero-order valence-corrected chi connectivity index (χ0v) is 13.3. The Morgan fingerprint density at radius 2 is 1.70 bits per heavy atom. The van der Waals surface area contributed by atoms with Crippen LogP contribution in [0.4, 0.5) is 0 Å². The standard InChI is InChI=1S/C16H28N2O2/c1-12(2)9-17(10-13(3)4)11-18-14-7-5-6-8-15(14)20-16(18)19/h12-13H,5-11H2,1-4H3. The van der Waals surface area contributed by atoms with E-state index in [0.717, 1.165) is 43.8 Å². The van der Waals surface area contributed by atoms with Crippen molar-refractivity contribution in [1.82, 2.24) is 9.47 Å². The average Bonchev–Trinajstić information content (AvgIpc) is 2.64. The maximum atomic E-state index is 12.1. The van der Waals surface area contributed by atoms with Gasteiger partial charge >= 0.3 is 5.76 Å². The van der Waals surface area contributed by atoms with Crippen LogP contribution in [0, 0.1) is 11.8 Å². The molecule has 0 spiro atoms. The monoisotopic (exact) mass is 280 g/mol. The highest BCUT2D eigenvalue weighted by atomic mass is 16.4. The first kappa shape index (κ1) is 15.4. The number of oxazole rings is 1. The molecule has 1 aromatic rings.